The van der Waals surface area contributed by atoms with Crippen LogP contribution in [0.4, 0.5) is 0 Å². The van der Waals surface area contributed by atoms with Crippen molar-refractivity contribution in [3.05, 3.63) is 18.2 Å². The molecule has 1 heterocycles. The second-order valence-electron chi connectivity index (χ2n) is 2.66. The summed E-state index contributed by atoms with van der Waals surface area (Å²) in [4.78, 5) is 7.13. The van der Waals surface area contributed by atoms with Crippen LogP contribution in [0.25, 0.3) is 0 Å². The van der Waals surface area contributed by atoms with Crippen molar-refractivity contribution in [1.82, 2.24) is 15.4 Å². The minimum atomic E-state index is 0.0656. The number of H-pyrrole nitrogens is 1. The molecule has 70 valence electrons. The average molecular weight is 178 g/mol. The lowest BCUT2D eigenvalue weighted by Crippen LogP contribution is -2.28. The van der Waals surface area contributed by atoms with Crippen LogP contribution in [0, 0.1) is 11.8 Å². The Morgan fingerprint density at radius 3 is 3.15 bits per heavy atom. The number of aromatic nitrogens is 2. The molecule has 1 aromatic heterocycles. The zero-order valence-corrected chi connectivity index (χ0v) is 7.67. The number of nitrogens with zero attached hydrogens (tertiary/aromatic N) is 1. The van der Waals surface area contributed by atoms with E-state index in [9.17, 15) is 0 Å². The maximum atomic E-state index is 5.39. The van der Waals surface area contributed by atoms with Crippen molar-refractivity contribution in [3.63, 3.8) is 0 Å². The first-order chi connectivity index (χ1) is 6.38. The number of hydrazine groups is 1. The predicted octanol–water partition coefficient (Wildman–Crippen LogP) is 0.718. The minimum Gasteiger partial charge on any atom is -0.347 e. The third-order valence-corrected chi connectivity index (χ3v) is 1.79. The Hall–Kier alpha value is -1.31. The van der Waals surface area contributed by atoms with Gasteiger partial charge in [-0.3, -0.25) is 5.84 Å². The van der Waals surface area contributed by atoms with Crippen LogP contribution in [0.5, 0.6) is 0 Å². The van der Waals surface area contributed by atoms with Crippen molar-refractivity contribution in [1.29, 1.82) is 0 Å². The van der Waals surface area contributed by atoms with E-state index in [2.05, 4.69) is 27.2 Å². The molecule has 0 fully saturated rings. The van der Waals surface area contributed by atoms with Gasteiger partial charge in [0.05, 0.1) is 6.04 Å². The first-order valence-electron chi connectivity index (χ1n) is 4.23. The van der Waals surface area contributed by atoms with Crippen LogP contribution in [0.1, 0.15) is 31.6 Å². The molecule has 4 heteroatoms. The molecule has 0 bridgehead atoms. The number of hydrogen-bond donors (Lipinski definition) is 3. The fourth-order valence-corrected chi connectivity index (χ4v) is 1.11. The summed E-state index contributed by atoms with van der Waals surface area (Å²) in [6, 6.07) is 0.0656. The molecule has 1 unspecified atom stereocenters. The highest BCUT2D eigenvalue weighted by molar-refractivity contribution is 4.99. The Kier molecular flexibility index (Phi) is 4.03. The van der Waals surface area contributed by atoms with Gasteiger partial charge in [0.15, 0.2) is 0 Å². The van der Waals surface area contributed by atoms with Gasteiger partial charge in [0.2, 0.25) is 0 Å². The van der Waals surface area contributed by atoms with Crippen LogP contribution < -0.4 is 11.3 Å². The summed E-state index contributed by atoms with van der Waals surface area (Å²) < 4.78 is 0. The molecule has 13 heavy (non-hydrogen) atoms. The number of nitrogens with one attached hydrogen (secondary N) is 2. The second kappa shape index (κ2) is 5.36. The summed E-state index contributed by atoms with van der Waals surface area (Å²) in [5.41, 5.74) is 2.70. The number of aromatic amines is 1. The summed E-state index contributed by atoms with van der Waals surface area (Å²) in [6.45, 7) is 1.83. The molecular weight excluding hydrogens is 164 g/mol. The normalized spacial score (nSPS) is 11.8. The van der Waals surface area contributed by atoms with Gasteiger partial charge in [-0.2, -0.15) is 0 Å². The molecule has 0 amide bonds. The number of imidazole rings is 1. The van der Waals surface area contributed by atoms with Gasteiger partial charge in [0.1, 0.15) is 5.82 Å². The lowest BCUT2D eigenvalue weighted by Gasteiger charge is -2.10. The molecule has 1 atom stereocenters. The van der Waals surface area contributed by atoms with Crippen molar-refractivity contribution in [2.75, 3.05) is 0 Å². The van der Waals surface area contributed by atoms with E-state index >= 15 is 0 Å². The molecule has 0 spiro atoms. The largest absolute Gasteiger partial charge is 0.347 e. The van der Waals surface area contributed by atoms with Gasteiger partial charge in [-0.05, 0) is 13.3 Å². The van der Waals surface area contributed by atoms with Gasteiger partial charge in [0, 0.05) is 18.8 Å². The molecule has 0 saturated carbocycles. The Labute approximate surface area is 77.9 Å². The van der Waals surface area contributed by atoms with Crippen molar-refractivity contribution in [2.24, 2.45) is 5.84 Å². The van der Waals surface area contributed by atoms with Gasteiger partial charge in [-0.25, -0.2) is 10.4 Å². The van der Waals surface area contributed by atoms with E-state index in [1.54, 1.807) is 12.4 Å². The maximum absolute atomic E-state index is 5.39. The third kappa shape index (κ3) is 2.90. The van der Waals surface area contributed by atoms with E-state index in [4.69, 9.17) is 5.84 Å². The van der Waals surface area contributed by atoms with E-state index in [0.29, 0.717) is 0 Å². The topological polar surface area (TPSA) is 66.7 Å². The Morgan fingerprint density at radius 2 is 2.62 bits per heavy atom. The number of nitrogens with two attached hydrogens (primary N) is 1. The highest BCUT2D eigenvalue weighted by Gasteiger charge is 2.09. The Balaban J connectivity index is 2.47. The standard InChI is InChI=1S/C9H14N4/c1-2-3-4-5-8(13-10)9-11-6-7-12-9/h6-8,13H,4-5,10H2,1H3,(H,11,12). The molecule has 4 N–H and O–H groups in total. The van der Waals surface area contributed by atoms with Crippen LogP contribution in [0.2, 0.25) is 0 Å². The van der Waals surface area contributed by atoms with Crippen LogP contribution in [0.15, 0.2) is 12.4 Å². The van der Waals surface area contributed by atoms with Gasteiger partial charge in [-0.1, -0.05) is 0 Å². The molecular formula is C9H14N4. The SMILES string of the molecule is CC#CCCC(NN)c1ncc[nH]1. The molecule has 0 aromatic carbocycles. The fourth-order valence-electron chi connectivity index (χ4n) is 1.11. The van der Waals surface area contributed by atoms with Crippen LogP contribution in [-0.2, 0) is 0 Å². The van der Waals surface area contributed by atoms with E-state index in [1.165, 1.54) is 0 Å². The third-order valence-electron chi connectivity index (χ3n) is 1.79. The highest BCUT2D eigenvalue weighted by Crippen LogP contribution is 2.11. The molecule has 0 saturated heterocycles. The van der Waals surface area contributed by atoms with Gasteiger partial charge < -0.3 is 4.98 Å². The van der Waals surface area contributed by atoms with Crippen molar-refractivity contribution < 1.29 is 0 Å². The lowest BCUT2D eigenvalue weighted by atomic mass is 10.1. The Morgan fingerprint density at radius 1 is 1.77 bits per heavy atom. The van der Waals surface area contributed by atoms with E-state index in [1.807, 2.05) is 6.92 Å². The van der Waals surface area contributed by atoms with Gasteiger partial charge in [0.25, 0.3) is 0 Å². The fraction of sp³-hybridized carbons (Fsp3) is 0.444. The lowest BCUT2D eigenvalue weighted by molar-refractivity contribution is 0.501. The van der Waals surface area contributed by atoms with Crippen LogP contribution in [-0.4, -0.2) is 9.97 Å². The summed E-state index contributed by atoms with van der Waals surface area (Å²) in [5, 5.41) is 0. The zero-order chi connectivity index (χ0) is 9.52. The average Bonchev–Trinajstić information content (AvgIpc) is 2.65. The molecule has 1 rings (SSSR count). The maximum Gasteiger partial charge on any atom is 0.124 e. The van der Waals surface area contributed by atoms with Crippen molar-refractivity contribution in [2.45, 2.75) is 25.8 Å². The quantitative estimate of drug-likeness (QED) is 0.361. The van der Waals surface area contributed by atoms with Gasteiger partial charge >= 0.3 is 0 Å². The van der Waals surface area contributed by atoms with Crippen molar-refractivity contribution >= 4 is 0 Å². The smallest absolute Gasteiger partial charge is 0.124 e. The van der Waals surface area contributed by atoms with E-state index in [-0.39, 0.29) is 6.04 Å². The molecule has 0 aliphatic heterocycles. The van der Waals surface area contributed by atoms with Crippen LogP contribution >= 0.6 is 0 Å². The monoisotopic (exact) mass is 178 g/mol. The molecule has 0 radical (unpaired) electrons. The zero-order valence-electron chi connectivity index (χ0n) is 7.67. The van der Waals surface area contributed by atoms with Crippen molar-refractivity contribution in [3.8, 4) is 11.8 Å². The molecule has 1 aromatic rings. The summed E-state index contributed by atoms with van der Waals surface area (Å²) in [6.07, 6.45) is 5.19. The summed E-state index contributed by atoms with van der Waals surface area (Å²) in [5.74, 6) is 12.1. The number of rotatable bonds is 4. The molecule has 0 aliphatic rings. The first-order valence-corrected chi connectivity index (χ1v) is 4.23. The predicted molar refractivity (Wildman–Crippen MR) is 51.3 cm³/mol. The highest BCUT2D eigenvalue weighted by atomic mass is 15.2. The molecule has 0 aliphatic carbocycles. The Bertz CT molecular complexity index is 280. The first kappa shape index (κ1) is 9.78. The van der Waals surface area contributed by atoms with Gasteiger partial charge in [-0.15, -0.1) is 11.8 Å². The molecule has 4 nitrogen and oxygen atoms in total. The van der Waals surface area contributed by atoms with Crippen LogP contribution in [0.3, 0.4) is 0 Å². The summed E-state index contributed by atoms with van der Waals surface area (Å²) in [7, 11) is 0. The van der Waals surface area contributed by atoms with E-state index in [0.717, 1.165) is 18.7 Å². The second-order valence-corrected chi connectivity index (χ2v) is 2.66. The van der Waals surface area contributed by atoms with E-state index < -0.39 is 0 Å². The number of hydrogen-bond acceptors (Lipinski definition) is 3. The summed E-state index contributed by atoms with van der Waals surface area (Å²) >= 11 is 0. The minimum absolute atomic E-state index is 0.0656.